The fourth-order valence-corrected chi connectivity index (χ4v) is 5.13. The van der Waals surface area contributed by atoms with Crippen LogP contribution in [0.5, 0.6) is 0 Å². The van der Waals surface area contributed by atoms with Crippen LogP contribution < -0.4 is 5.73 Å². The molecule has 0 saturated carbocycles. The highest BCUT2D eigenvalue weighted by atomic mass is 15.4. The molecular weight excluding hydrogens is 222 g/mol. The first-order valence-corrected chi connectivity index (χ1v) is 7.95. The van der Waals surface area contributed by atoms with Gasteiger partial charge >= 0.3 is 0 Å². The summed E-state index contributed by atoms with van der Waals surface area (Å²) in [6, 6.07) is 2.26. The van der Waals surface area contributed by atoms with Gasteiger partial charge in [-0.25, -0.2) is 0 Å². The van der Waals surface area contributed by atoms with E-state index in [2.05, 4.69) is 23.6 Å². The van der Waals surface area contributed by atoms with Crippen LogP contribution in [0.25, 0.3) is 0 Å². The van der Waals surface area contributed by atoms with Crippen molar-refractivity contribution >= 4 is 0 Å². The van der Waals surface area contributed by atoms with Crippen LogP contribution in [0.4, 0.5) is 0 Å². The van der Waals surface area contributed by atoms with Gasteiger partial charge in [0, 0.05) is 31.2 Å². The number of nitrogens with zero attached hydrogens (tertiary/aromatic N) is 2. The minimum atomic E-state index is 0.299. The molecule has 3 fully saturated rings. The molecule has 0 aliphatic carbocycles. The molecule has 3 aliphatic heterocycles. The molecule has 4 unspecified atom stereocenters. The topological polar surface area (TPSA) is 32.5 Å². The number of rotatable bonds is 3. The van der Waals surface area contributed by atoms with Crippen LogP contribution in [0, 0.1) is 0 Å². The van der Waals surface area contributed by atoms with E-state index in [1.165, 1.54) is 51.6 Å². The summed E-state index contributed by atoms with van der Waals surface area (Å²) in [6.45, 7) is 8.22. The molecular formula is C15H29N3. The van der Waals surface area contributed by atoms with Gasteiger partial charge in [-0.15, -0.1) is 0 Å². The van der Waals surface area contributed by atoms with Crippen LogP contribution >= 0.6 is 0 Å². The fraction of sp³-hybridized carbons (Fsp3) is 1.00. The predicted molar refractivity (Wildman–Crippen MR) is 75.6 cm³/mol. The van der Waals surface area contributed by atoms with E-state index in [1.807, 2.05) is 0 Å². The molecule has 0 aromatic carbocycles. The van der Waals surface area contributed by atoms with Gasteiger partial charge in [-0.05, 0) is 52.0 Å². The zero-order valence-corrected chi connectivity index (χ0v) is 12.1. The van der Waals surface area contributed by atoms with Gasteiger partial charge in [0.05, 0.1) is 5.54 Å². The van der Waals surface area contributed by atoms with E-state index in [9.17, 15) is 0 Å². The Bertz CT molecular complexity index is 306. The van der Waals surface area contributed by atoms with Crippen LogP contribution in [0.2, 0.25) is 0 Å². The number of hydrogen-bond donors (Lipinski definition) is 1. The standard InChI is InChI=1S/C15H29N3/c1-3-13-7-6-12(2)18(13)15(11-16)8-10-17-9-4-5-14(15)17/h12-14H,3-11,16H2,1-2H3. The Morgan fingerprint density at radius 3 is 2.78 bits per heavy atom. The van der Waals surface area contributed by atoms with Crippen molar-refractivity contribution in [1.82, 2.24) is 9.80 Å². The van der Waals surface area contributed by atoms with Crippen molar-refractivity contribution < 1.29 is 0 Å². The number of hydrogen-bond acceptors (Lipinski definition) is 3. The van der Waals surface area contributed by atoms with Gasteiger partial charge in [0.2, 0.25) is 0 Å². The molecule has 104 valence electrons. The van der Waals surface area contributed by atoms with E-state index in [1.54, 1.807) is 0 Å². The summed E-state index contributed by atoms with van der Waals surface area (Å²) in [5.74, 6) is 0. The number of likely N-dealkylation sites (tertiary alicyclic amines) is 1. The second kappa shape index (κ2) is 4.77. The van der Waals surface area contributed by atoms with Crippen molar-refractivity contribution in [3.63, 3.8) is 0 Å². The van der Waals surface area contributed by atoms with Gasteiger partial charge in [0.1, 0.15) is 0 Å². The highest BCUT2D eigenvalue weighted by molar-refractivity contribution is 5.13. The zero-order valence-electron chi connectivity index (χ0n) is 12.1. The highest BCUT2D eigenvalue weighted by Crippen LogP contribution is 2.45. The molecule has 4 atom stereocenters. The van der Waals surface area contributed by atoms with Crippen molar-refractivity contribution in [3.05, 3.63) is 0 Å². The van der Waals surface area contributed by atoms with Gasteiger partial charge in [0.15, 0.2) is 0 Å². The van der Waals surface area contributed by atoms with E-state index in [0.717, 1.165) is 24.7 Å². The van der Waals surface area contributed by atoms with E-state index >= 15 is 0 Å². The van der Waals surface area contributed by atoms with Crippen LogP contribution in [-0.2, 0) is 0 Å². The van der Waals surface area contributed by atoms with E-state index in [-0.39, 0.29) is 0 Å². The lowest BCUT2D eigenvalue weighted by Crippen LogP contribution is -2.63. The second-order valence-corrected chi connectivity index (χ2v) is 6.65. The summed E-state index contributed by atoms with van der Waals surface area (Å²) in [4.78, 5) is 5.56. The van der Waals surface area contributed by atoms with Gasteiger partial charge in [0.25, 0.3) is 0 Å². The van der Waals surface area contributed by atoms with Gasteiger partial charge in [-0.2, -0.15) is 0 Å². The second-order valence-electron chi connectivity index (χ2n) is 6.65. The number of nitrogens with two attached hydrogens (primary N) is 1. The molecule has 3 rings (SSSR count). The lowest BCUT2D eigenvalue weighted by atomic mass is 9.85. The normalized spacial score (nSPS) is 45.8. The average Bonchev–Trinajstić information content (AvgIpc) is 3.04. The van der Waals surface area contributed by atoms with Crippen LogP contribution in [0.1, 0.15) is 52.4 Å². The highest BCUT2D eigenvalue weighted by Gasteiger charge is 2.55. The molecule has 0 spiro atoms. The molecule has 3 nitrogen and oxygen atoms in total. The Hall–Kier alpha value is -0.120. The Kier molecular flexibility index (Phi) is 3.41. The Morgan fingerprint density at radius 1 is 1.22 bits per heavy atom. The SMILES string of the molecule is CCC1CCC(C)N1C1(CN)CCN2CCCC21. The van der Waals surface area contributed by atoms with Gasteiger partial charge in [-0.1, -0.05) is 6.92 Å². The molecule has 3 heteroatoms. The largest absolute Gasteiger partial charge is 0.329 e. The molecule has 3 heterocycles. The zero-order chi connectivity index (χ0) is 12.8. The monoisotopic (exact) mass is 251 g/mol. The summed E-state index contributed by atoms with van der Waals surface area (Å²) >= 11 is 0. The molecule has 0 amide bonds. The summed E-state index contributed by atoms with van der Waals surface area (Å²) in [7, 11) is 0. The van der Waals surface area contributed by atoms with Gasteiger partial charge < -0.3 is 5.73 Å². The fourth-order valence-electron chi connectivity index (χ4n) is 5.13. The van der Waals surface area contributed by atoms with Crippen molar-refractivity contribution in [2.45, 2.75) is 76.0 Å². The van der Waals surface area contributed by atoms with E-state index < -0.39 is 0 Å². The third kappa shape index (κ3) is 1.67. The molecule has 0 aromatic rings. The molecule has 2 N–H and O–H groups in total. The smallest absolute Gasteiger partial charge is 0.0504 e. The van der Waals surface area contributed by atoms with Crippen LogP contribution in [0.15, 0.2) is 0 Å². The van der Waals surface area contributed by atoms with Crippen molar-refractivity contribution in [2.75, 3.05) is 19.6 Å². The Balaban J connectivity index is 1.90. The quantitative estimate of drug-likeness (QED) is 0.830. The summed E-state index contributed by atoms with van der Waals surface area (Å²) < 4.78 is 0. The van der Waals surface area contributed by atoms with Gasteiger partial charge in [-0.3, -0.25) is 9.80 Å². The van der Waals surface area contributed by atoms with Crippen molar-refractivity contribution in [3.8, 4) is 0 Å². The molecule has 3 saturated heterocycles. The van der Waals surface area contributed by atoms with E-state index in [0.29, 0.717) is 5.54 Å². The first kappa shape index (κ1) is 12.9. The van der Waals surface area contributed by atoms with Crippen molar-refractivity contribution in [2.24, 2.45) is 5.73 Å². The minimum Gasteiger partial charge on any atom is -0.329 e. The van der Waals surface area contributed by atoms with E-state index in [4.69, 9.17) is 5.73 Å². The van der Waals surface area contributed by atoms with Crippen LogP contribution in [-0.4, -0.2) is 53.1 Å². The maximum absolute atomic E-state index is 6.32. The summed E-state index contributed by atoms with van der Waals surface area (Å²) in [6.07, 6.45) is 8.09. The molecule has 0 aromatic heterocycles. The molecule has 0 bridgehead atoms. The minimum absolute atomic E-state index is 0.299. The first-order valence-electron chi connectivity index (χ1n) is 7.95. The maximum Gasteiger partial charge on any atom is 0.0504 e. The summed E-state index contributed by atoms with van der Waals surface area (Å²) in [5, 5.41) is 0. The maximum atomic E-state index is 6.32. The number of fused-ring (bicyclic) bond motifs is 1. The Morgan fingerprint density at radius 2 is 2.06 bits per heavy atom. The molecule has 18 heavy (non-hydrogen) atoms. The average molecular weight is 251 g/mol. The lowest BCUT2D eigenvalue weighted by molar-refractivity contribution is 0.0242. The first-order chi connectivity index (χ1) is 8.73. The Labute approximate surface area is 112 Å². The predicted octanol–water partition coefficient (Wildman–Crippen LogP) is 1.81. The molecule has 0 radical (unpaired) electrons. The molecule has 3 aliphatic rings. The third-order valence-electron chi connectivity index (χ3n) is 5.94. The lowest BCUT2D eigenvalue weighted by Gasteiger charge is -2.48. The van der Waals surface area contributed by atoms with Crippen LogP contribution in [0.3, 0.4) is 0 Å². The summed E-state index contributed by atoms with van der Waals surface area (Å²) in [5.41, 5.74) is 6.61. The van der Waals surface area contributed by atoms with Crippen molar-refractivity contribution in [1.29, 1.82) is 0 Å². The third-order valence-corrected chi connectivity index (χ3v) is 5.94.